The molecule has 1 aliphatic rings. The van der Waals surface area contributed by atoms with E-state index in [0.717, 1.165) is 6.42 Å². The van der Waals surface area contributed by atoms with Gasteiger partial charge < -0.3 is 4.74 Å². The van der Waals surface area contributed by atoms with Gasteiger partial charge in [-0.15, -0.1) is 0 Å². The van der Waals surface area contributed by atoms with Gasteiger partial charge in [-0.1, -0.05) is 35.0 Å². The molecule has 1 fully saturated rings. The van der Waals surface area contributed by atoms with E-state index in [-0.39, 0.29) is 0 Å². The van der Waals surface area contributed by atoms with Crippen LogP contribution in [0, 0.1) is 12.8 Å². The van der Waals surface area contributed by atoms with Crippen LogP contribution in [0.5, 0.6) is 0 Å². The third-order valence-electron chi connectivity index (χ3n) is 3.07. The molecule has 0 N–H and O–H groups in total. The Kier molecular flexibility index (Phi) is 3.17. The van der Waals surface area contributed by atoms with Gasteiger partial charge >= 0.3 is 0 Å². The minimum Gasteiger partial charge on any atom is -0.370 e. The molecule has 0 amide bonds. The number of hydrogen-bond donors (Lipinski definition) is 0. The van der Waals surface area contributed by atoms with Gasteiger partial charge in [0, 0.05) is 4.47 Å². The molecular weight excluding hydrogens is 252 g/mol. The van der Waals surface area contributed by atoms with Crippen molar-refractivity contribution >= 4 is 15.9 Å². The van der Waals surface area contributed by atoms with E-state index in [2.05, 4.69) is 54.9 Å². The zero-order chi connectivity index (χ0) is 11.0. The van der Waals surface area contributed by atoms with E-state index < -0.39 is 0 Å². The van der Waals surface area contributed by atoms with Gasteiger partial charge in [0.1, 0.15) is 0 Å². The maximum Gasteiger partial charge on any atom is 0.0867 e. The SMILES string of the molecule is Cc1ccc(CC(C)C2OC2C)c(Br)c1. The van der Waals surface area contributed by atoms with E-state index in [1.807, 2.05) is 0 Å². The molecule has 0 aromatic heterocycles. The van der Waals surface area contributed by atoms with Crippen LogP contribution in [0.15, 0.2) is 22.7 Å². The number of rotatable bonds is 3. The summed E-state index contributed by atoms with van der Waals surface area (Å²) in [6.07, 6.45) is 2.03. The Balaban J connectivity index is 2.04. The van der Waals surface area contributed by atoms with E-state index in [4.69, 9.17) is 4.74 Å². The molecule has 2 heteroatoms. The predicted molar refractivity (Wildman–Crippen MR) is 66.1 cm³/mol. The number of hydrogen-bond acceptors (Lipinski definition) is 1. The first-order valence-electron chi connectivity index (χ1n) is 5.48. The fourth-order valence-corrected chi connectivity index (χ4v) is 2.74. The molecule has 1 aromatic rings. The lowest BCUT2D eigenvalue weighted by molar-refractivity contribution is 0.328. The maximum absolute atomic E-state index is 5.50. The van der Waals surface area contributed by atoms with Gasteiger partial charge in [0.25, 0.3) is 0 Å². The highest BCUT2D eigenvalue weighted by Gasteiger charge is 2.38. The van der Waals surface area contributed by atoms with Gasteiger partial charge in [0.15, 0.2) is 0 Å². The molecule has 82 valence electrons. The van der Waals surface area contributed by atoms with Crippen molar-refractivity contribution in [2.75, 3.05) is 0 Å². The first-order valence-corrected chi connectivity index (χ1v) is 6.27. The summed E-state index contributed by atoms with van der Waals surface area (Å²) in [7, 11) is 0. The third kappa shape index (κ3) is 2.61. The van der Waals surface area contributed by atoms with E-state index in [1.165, 1.54) is 15.6 Å². The Morgan fingerprint density at radius 1 is 1.47 bits per heavy atom. The first-order chi connectivity index (χ1) is 7.08. The molecular formula is C13H17BrO. The van der Waals surface area contributed by atoms with Crippen molar-refractivity contribution in [2.45, 2.75) is 39.4 Å². The lowest BCUT2D eigenvalue weighted by atomic mass is 9.96. The molecule has 0 radical (unpaired) electrons. The molecule has 3 atom stereocenters. The summed E-state index contributed by atoms with van der Waals surface area (Å²) < 4.78 is 6.72. The number of halogens is 1. The molecule has 0 spiro atoms. The first kappa shape index (κ1) is 11.2. The second kappa shape index (κ2) is 4.26. The average molecular weight is 269 g/mol. The quantitative estimate of drug-likeness (QED) is 0.762. The van der Waals surface area contributed by atoms with Crippen molar-refractivity contribution in [1.82, 2.24) is 0 Å². The lowest BCUT2D eigenvalue weighted by Gasteiger charge is -2.10. The maximum atomic E-state index is 5.50. The lowest BCUT2D eigenvalue weighted by Crippen LogP contribution is -2.09. The number of aryl methyl sites for hydroxylation is 1. The van der Waals surface area contributed by atoms with Crippen LogP contribution in [0.2, 0.25) is 0 Å². The van der Waals surface area contributed by atoms with Crippen molar-refractivity contribution < 1.29 is 4.74 Å². The summed E-state index contributed by atoms with van der Waals surface area (Å²) in [6.45, 7) is 6.52. The zero-order valence-electron chi connectivity index (χ0n) is 9.46. The standard InChI is InChI=1S/C13H17BrO/c1-8-4-5-11(12(14)6-8)7-9(2)13-10(3)15-13/h4-6,9-10,13H,7H2,1-3H3. The molecule has 2 rings (SSSR count). The Bertz CT molecular complexity index is 362. The fraction of sp³-hybridized carbons (Fsp3) is 0.538. The van der Waals surface area contributed by atoms with Gasteiger partial charge in [-0.25, -0.2) is 0 Å². The monoisotopic (exact) mass is 268 g/mol. The van der Waals surface area contributed by atoms with Crippen LogP contribution in [-0.4, -0.2) is 12.2 Å². The van der Waals surface area contributed by atoms with Crippen LogP contribution < -0.4 is 0 Å². The number of epoxide rings is 1. The highest BCUT2D eigenvalue weighted by Crippen LogP contribution is 2.32. The van der Waals surface area contributed by atoms with Crippen LogP contribution >= 0.6 is 15.9 Å². The van der Waals surface area contributed by atoms with Crippen LogP contribution in [0.25, 0.3) is 0 Å². The van der Waals surface area contributed by atoms with E-state index in [0.29, 0.717) is 18.1 Å². The topological polar surface area (TPSA) is 12.5 Å². The van der Waals surface area contributed by atoms with Crippen molar-refractivity contribution in [3.8, 4) is 0 Å². The largest absolute Gasteiger partial charge is 0.370 e. The second-order valence-electron chi connectivity index (χ2n) is 4.58. The molecule has 0 bridgehead atoms. The Hall–Kier alpha value is -0.340. The minimum atomic E-state index is 0.462. The highest BCUT2D eigenvalue weighted by molar-refractivity contribution is 9.10. The van der Waals surface area contributed by atoms with Crippen molar-refractivity contribution in [3.63, 3.8) is 0 Å². The number of benzene rings is 1. The molecule has 1 aliphatic heterocycles. The molecule has 15 heavy (non-hydrogen) atoms. The van der Waals surface area contributed by atoms with Gasteiger partial charge in [-0.2, -0.15) is 0 Å². The van der Waals surface area contributed by atoms with E-state index in [9.17, 15) is 0 Å². The van der Waals surface area contributed by atoms with Gasteiger partial charge in [0.05, 0.1) is 12.2 Å². The minimum absolute atomic E-state index is 0.462. The Morgan fingerprint density at radius 3 is 2.67 bits per heavy atom. The summed E-state index contributed by atoms with van der Waals surface area (Å²) >= 11 is 3.62. The average Bonchev–Trinajstić information content (AvgIpc) is 2.88. The summed E-state index contributed by atoms with van der Waals surface area (Å²) in [5, 5.41) is 0. The molecule has 1 saturated heterocycles. The normalized spacial score (nSPS) is 26.4. The highest BCUT2D eigenvalue weighted by atomic mass is 79.9. The van der Waals surface area contributed by atoms with E-state index >= 15 is 0 Å². The molecule has 1 aromatic carbocycles. The van der Waals surface area contributed by atoms with Crippen LogP contribution in [0.1, 0.15) is 25.0 Å². The fourth-order valence-electron chi connectivity index (χ4n) is 2.08. The summed E-state index contributed by atoms with van der Waals surface area (Å²) in [6, 6.07) is 6.56. The van der Waals surface area contributed by atoms with Gasteiger partial charge in [-0.3, -0.25) is 0 Å². The van der Waals surface area contributed by atoms with Crippen LogP contribution in [0.3, 0.4) is 0 Å². The van der Waals surface area contributed by atoms with Gasteiger partial charge in [0.2, 0.25) is 0 Å². The van der Waals surface area contributed by atoms with Crippen molar-refractivity contribution in [2.24, 2.45) is 5.92 Å². The number of ether oxygens (including phenoxy) is 1. The Morgan fingerprint density at radius 2 is 2.13 bits per heavy atom. The van der Waals surface area contributed by atoms with Crippen molar-refractivity contribution in [3.05, 3.63) is 33.8 Å². The molecule has 0 aliphatic carbocycles. The molecule has 0 saturated carbocycles. The molecule has 3 unspecified atom stereocenters. The van der Waals surface area contributed by atoms with Crippen LogP contribution in [-0.2, 0) is 11.2 Å². The third-order valence-corrected chi connectivity index (χ3v) is 3.81. The predicted octanol–water partition coefficient (Wildman–Crippen LogP) is 3.72. The Labute approximate surface area is 100.0 Å². The smallest absolute Gasteiger partial charge is 0.0867 e. The zero-order valence-corrected chi connectivity index (χ0v) is 11.0. The summed E-state index contributed by atoms with van der Waals surface area (Å²) in [5.41, 5.74) is 2.69. The van der Waals surface area contributed by atoms with Crippen LogP contribution in [0.4, 0.5) is 0 Å². The van der Waals surface area contributed by atoms with Gasteiger partial charge in [-0.05, 0) is 43.4 Å². The molecule has 1 nitrogen and oxygen atoms in total. The summed E-state index contributed by atoms with van der Waals surface area (Å²) in [4.78, 5) is 0. The van der Waals surface area contributed by atoms with E-state index in [1.54, 1.807) is 0 Å². The molecule has 1 heterocycles. The summed E-state index contributed by atoms with van der Waals surface area (Å²) in [5.74, 6) is 0.610. The van der Waals surface area contributed by atoms with Crippen molar-refractivity contribution in [1.29, 1.82) is 0 Å². The second-order valence-corrected chi connectivity index (χ2v) is 5.44.